The zero-order valence-corrected chi connectivity index (χ0v) is 9.59. The molecule has 1 heterocycles. The highest BCUT2D eigenvalue weighted by Gasteiger charge is 2.29. The van der Waals surface area contributed by atoms with E-state index in [0.29, 0.717) is 10.9 Å². The minimum Gasteiger partial charge on any atom is -0.506 e. The Morgan fingerprint density at radius 3 is 2.61 bits per heavy atom. The number of hydrogen-bond donors (Lipinski definition) is 2. The molecule has 1 amide bonds. The van der Waals surface area contributed by atoms with Crippen LogP contribution in [0.2, 0.25) is 0 Å². The number of carbonyl (C=O) groups is 1. The molecule has 1 aromatic carbocycles. The highest BCUT2D eigenvalue weighted by molar-refractivity contribution is 6.01. The van der Waals surface area contributed by atoms with Gasteiger partial charge in [0.25, 0.3) is 11.5 Å². The van der Waals surface area contributed by atoms with Gasteiger partial charge in [-0.1, -0.05) is 12.1 Å². The molecule has 1 aliphatic carbocycles. The van der Waals surface area contributed by atoms with Crippen molar-refractivity contribution in [3.8, 4) is 5.75 Å². The predicted molar refractivity (Wildman–Crippen MR) is 66.7 cm³/mol. The number of rotatable bonds is 2. The van der Waals surface area contributed by atoms with E-state index in [2.05, 4.69) is 0 Å². The lowest BCUT2D eigenvalue weighted by atomic mass is 10.1. The van der Waals surface area contributed by atoms with E-state index in [4.69, 9.17) is 5.73 Å². The van der Waals surface area contributed by atoms with Crippen molar-refractivity contribution in [3.05, 3.63) is 40.2 Å². The molecule has 0 unspecified atom stereocenters. The number of primary amides is 1. The number of carbonyl (C=O) groups excluding carboxylic acids is 1. The molecule has 0 radical (unpaired) electrons. The largest absolute Gasteiger partial charge is 0.506 e. The van der Waals surface area contributed by atoms with Gasteiger partial charge >= 0.3 is 0 Å². The molecule has 3 rings (SSSR count). The Morgan fingerprint density at radius 1 is 1.33 bits per heavy atom. The van der Waals surface area contributed by atoms with E-state index in [1.807, 2.05) is 0 Å². The van der Waals surface area contributed by atoms with Crippen LogP contribution in [0.15, 0.2) is 29.1 Å². The number of benzene rings is 1. The lowest BCUT2D eigenvalue weighted by molar-refractivity contribution is 0.0996. The second-order valence-corrected chi connectivity index (χ2v) is 4.51. The molecule has 3 N–H and O–H groups in total. The summed E-state index contributed by atoms with van der Waals surface area (Å²) in [7, 11) is 0. The Kier molecular flexibility index (Phi) is 2.16. The van der Waals surface area contributed by atoms with E-state index < -0.39 is 11.5 Å². The third-order valence-electron chi connectivity index (χ3n) is 3.25. The average molecular weight is 244 g/mol. The first kappa shape index (κ1) is 10.8. The minimum atomic E-state index is -0.891. The van der Waals surface area contributed by atoms with Crippen LogP contribution in [0.5, 0.6) is 5.75 Å². The zero-order valence-electron chi connectivity index (χ0n) is 9.59. The van der Waals surface area contributed by atoms with Crippen LogP contribution < -0.4 is 11.3 Å². The fraction of sp³-hybridized carbons (Fsp3) is 0.231. The molecule has 18 heavy (non-hydrogen) atoms. The van der Waals surface area contributed by atoms with Crippen LogP contribution in [0.4, 0.5) is 0 Å². The van der Waals surface area contributed by atoms with Gasteiger partial charge in [0, 0.05) is 11.4 Å². The molecule has 0 atom stereocenters. The van der Waals surface area contributed by atoms with Crippen molar-refractivity contribution in [1.29, 1.82) is 0 Å². The van der Waals surface area contributed by atoms with Crippen LogP contribution in [-0.2, 0) is 0 Å². The smallest absolute Gasteiger partial charge is 0.267 e. The third kappa shape index (κ3) is 1.40. The van der Waals surface area contributed by atoms with Crippen LogP contribution in [0, 0.1) is 0 Å². The molecule has 1 fully saturated rings. The second kappa shape index (κ2) is 3.60. The predicted octanol–water partition coefficient (Wildman–Crippen LogP) is 1.14. The maximum absolute atomic E-state index is 12.2. The molecule has 0 spiro atoms. The molecule has 0 aliphatic heterocycles. The van der Waals surface area contributed by atoms with E-state index in [1.165, 1.54) is 0 Å². The Balaban J connectivity index is 2.51. The molecule has 0 saturated heterocycles. The average Bonchev–Trinajstić information content (AvgIpc) is 3.13. The molecule has 0 bridgehead atoms. The fourth-order valence-corrected chi connectivity index (χ4v) is 2.27. The van der Waals surface area contributed by atoms with Crippen molar-refractivity contribution in [2.75, 3.05) is 0 Å². The summed E-state index contributed by atoms with van der Waals surface area (Å²) >= 11 is 0. The Morgan fingerprint density at radius 2 is 2.00 bits per heavy atom. The van der Waals surface area contributed by atoms with Crippen molar-refractivity contribution in [2.45, 2.75) is 18.9 Å². The Labute approximate surface area is 102 Å². The van der Waals surface area contributed by atoms with Crippen molar-refractivity contribution < 1.29 is 9.90 Å². The van der Waals surface area contributed by atoms with E-state index in [9.17, 15) is 14.7 Å². The maximum Gasteiger partial charge on any atom is 0.267 e. The van der Waals surface area contributed by atoms with Crippen LogP contribution >= 0.6 is 0 Å². The van der Waals surface area contributed by atoms with Gasteiger partial charge in [0.15, 0.2) is 0 Å². The second-order valence-electron chi connectivity index (χ2n) is 4.51. The van der Waals surface area contributed by atoms with Crippen LogP contribution in [0.3, 0.4) is 0 Å². The van der Waals surface area contributed by atoms with Gasteiger partial charge in [-0.3, -0.25) is 9.59 Å². The molecule has 5 heteroatoms. The number of para-hydroxylation sites is 1. The number of amides is 1. The zero-order chi connectivity index (χ0) is 12.9. The lowest BCUT2D eigenvalue weighted by Gasteiger charge is -2.12. The standard InChI is InChI=1S/C13H12N2O3/c14-12(17)10-11(16)8-3-1-2-4-9(8)15(13(10)18)7-5-6-7/h1-4,7,16H,5-6H2,(H2,14,17). The van der Waals surface area contributed by atoms with Crippen molar-refractivity contribution in [3.63, 3.8) is 0 Å². The van der Waals surface area contributed by atoms with E-state index in [0.717, 1.165) is 12.8 Å². The van der Waals surface area contributed by atoms with Gasteiger partial charge < -0.3 is 15.4 Å². The summed E-state index contributed by atoms with van der Waals surface area (Å²) in [6.45, 7) is 0. The highest BCUT2D eigenvalue weighted by atomic mass is 16.3. The molecule has 1 aromatic heterocycles. The monoisotopic (exact) mass is 244 g/mol. The Bertz CT molecular complexity index is 714. The highest BCUT2D eigenvalue weighted by Crippen LogP contribution is 2.37. The number of fused-ring (bicyclic) bond motifs is 1. The summed E-state index contributed by atoms with van der Waals surface area (Å²) in [5.41, 5.74) is 5.01. The van der Waals surface area contributed by atoms with Crippen molar-refractivity contribution >= 4 is 16.8 Å². The maximum atomic E-state index is 12.2. The SMILES string of the molecule is NC(=O)c1c(O)c2ccccc2n(C2CC2)c1=O. The van der Waals surface area contributed by atoms with Crippen LogP contribution in [0.25, 0.3) is 10.9 Å². The number of hydrogen-bond acceptors (Lipinski definition) is 3. The van der Waals surface area contributed by atoms with E-state index in [-0.39, 0.29) is 17.4 Å². The number of nitrogens with two attached hydrogens (primary N) is 1. The van der Waals surface area contributed by atoms with Crippen LogP contribution in [-0.4, -0.2) is 15.6 Å². The normalized spacial score (nSPS) is 14.9. The fourth-order valence-electron chi connectivity index (χ4n) is 2.27. The molecule has 92 valence electrons. The summed E-state index contributed by atoms with van der Waals surface area (Å²) in [4.78, 5) is 23.6. The number of aromatic hydroxyl groups is 1. The first-order valence-electron chi connectivity index (χ1n) is 5.77. The van der Waals surface area contributed by atoms with E-state index in [1.54, 1.807) is 28.8 Å². The molecule has 2 aromatic rings. The van der Waals surface area contributed by atoms with Gasteiger partial charge in [-0.25, -0.2) is 0 Å². The van der Waals surface area contributed by atoms with E-state index >= 15 is 0 Å². The van der Waals surface area contributed by atoms with Gasteiger partial charge in [0.1, 0.15) is 11.3 Å². The minimum absolute atomic E-state index is 0.112. The Hall–Kier alpha value is -2.30. The number of pyridine rings is 1. The molecule has 1 aliphatic rings. The summed E-state index contributed by atoms with van der Waals surface area (Å²) < 4.78 is 1.56. The quantitative estimate of drug-likeness (QED) is 0.830. The van der Waals surface area contributed by atoms with Crippen molar-refractivity contribution in [1.82, 2.24) is 4.57 Å². The summed E-state index contributed by atoms with van der Waals surface area (Å²) in [5, 5.41) is 10.5. The van der Waals surface area contributed by atoms with Gasteiger partial charge in [-0.05, 0) is 25.0 Å². The van der Waals surface area contributed by atoms with Crippen LogP contribution in [0.1, 0.15) is 29.2 Å². The molecule has 1 saturated carbocycles. The summed E-state index contributed by atoms with van der Waals surface area (Å²) in [6.07, 6.45) is 1.82. The lowest BCUT2D eigenvalue weighted by Crippen LogP contribution is -2.29. The van der Waals surface area contributed by atoms with Crippen molar-refractivity contribution in [2.24, 2.45) is 5.73 Å². The first-order chi connectivity index (χ1) is 8.61. The number of nitrogens with zero attached hydrogens (tertiary/aromatic N) is 1. The molecular formula is C13H12N2O3. The molecule has 5 nitrogen and oxygen atoms in total. The van der Waals surface area contributed by atoms with Gasteiger partial charge in [0.05, 0.1) is 5.52 Å². The summed E-state index contributed by atoms with van der Waals surface area (Å²) in [5.74, 6) is -1.21. The summed E-state index contributed by atoms with van der Waals surface area (Å²) in [6, 6.07) is 7.09. The molecular weight excluding hydrogens is 232 g/mol. The van der Waals surface area contributed by atoms with Gasteiger partial charge in [-0.15, -0.1) is 0 Å². The van der Waals surface area contributed by atoms with Gasteiger partial charge in [-0.2, -0.15) is 0 Å². The number of aromatic nitrogens is 1. The van der Waals surface area contributed by atoms with Gasteiger partial charge in [0.2, 0.25) is 0 Å². The first-order valence-corrected chi connectivity index (χ1v) is 5.77. The third-order valence-corrected chi connectivity index (χ3v) is 3.25. The topological polar surface area (TPSA) is 85.3 Å².